The van der Waals surface area contributed by atoms with Gasteiger partial charge >= 0.3 is 0 Å². The van der Waals surface area contributed by atoms with Crippen LogP contribution in [0, 0.1) is 15.5 Å². The zero-order valence-electron chi connectivity index (χ0n) is 9.64. The second-order valence-electron chi connectivity index (χ2n) is 4.41. The summed E-state index contributed by atoms with van der Waals surface area (Å²) >= 11 is 0. The van der Waals surface area contributed by atoms with E-state index >= 15 is 0 Å². The van der Waals surface area contributed by atoms with Crippen molar-refractivity contribution in [2.45, 2.75) is 13.8 Å². The Hall–Kier alpha value is -1.30. The van der Waals surface area contributed by atoms with Gasteiger partial charge in [-0.05, 0) is 13.8 Å². The topological polar surface area (TPSA) is 72.5 Å². The molecule has 0 saturated carbocycles. The SMILES string of the molecule is CC(C)(C=[N+]1CCOCC1)C(=O)C[N+](=O)[O-]. The van der Waals surface area contributed by atoms with Crippen LogP contribution in [0.3, 0.4) is 0 Å². The zero-order chi connectivity index (χ0) is 12.2. The summed E-state index contributed by atoms with van der Waals surface area (Å²) in [5.41, 5.74) is -0.787. The highest BCUT2D eigenvalue weighted by Crippen LogP contribution is 2.13. The number of ketones is 1. The van der Waals surface area contributed by atoms with Gasteiger partial charge in [0.05, 0.1) is 0 Å². The fraction of sp³-hybridized carbons (Fsp3) is 0.800. The number of rotatable bonds is 4. The van der Waals surface area contributed by atoms with Crippen LogP contribution < -0.4 is 0 Å². The Morgan fingerprint density at radius 1 is 1.50 bits per heavy atom. The number of morpholine rings is 1. The molecule has 0 bridgehead atoms. The lowest BCUT2D eigenvalue weighted by atomic mass is 9.89. The van der Waals surface area contributed by atoms with E-state index in [0.29, 0.717) is 13.2 Å². The van der Waals surface area contributed by atoms with E-state index in [4.69, 9.17) is 4.74 Å². The maximum Gasteiger partial charge on any atom is 0.262 e. The monoisotopic (exact) mass is 229 g/mol. The van der Waals surface area contributed by atoms with Gasteiger partial charge in [0.25, 0.3) is 6.54 Å². The molecular formula is C10H17N2O4+. The van der Waals surface area contributed by atoms with E-state index in [-0.39, 0.29) is 5.78 Å². The predicted molar refractivity (Wildman–Crippen MR) is 57.5 cm³/mol. The first-order valence-electron chi connectivity index (χ1n) is 5.25. The Morgan fingerprint density at radius 2 is 2.06 bits per heavy atom. The first kappa shape index (κ1) is 12.8. The van der Waals surface area contributed by atoms with Gasteiger partial charge in [-0.3, -0.25) is 14.9 Å². The van der Waals surface area contributed by atoms with Crippen LogP contribution in [-0.4, -0.2) is 54.3 Å². The van der Waals surface area contributed by atoms with Crippen LogP contribution >= 0.6 is 0 Å². The number of Topliss-reactive ketones (excluding diaryl/α,β-unsaturated/α-hetero) is 1. The molecule has 1 aliphatic rings. The van der Waals surface area contributed by atoms with Gasteiger partial charge in [-0.15, -0.1) is 0 Å². The van der Waals surface area contributed by atoms with Gasteiger partial charge in [0, 0.05) is 4.92 Å². The molecule has 0 aromatic carbocycles. The summed E-state index contributed by atoms with van der Waals surface area (Å²) in [6, 6.07) is 0. The molecule has 90 valence electrons. The zero-order valence-corrected chi connectivity index (χ0v) is 9.64. The third-order valence-electron chi connectivity index (χ3n) is 2.54. The van der Waals surface area contributed by atoms with Gasteiger partial charge in [0.1, 0.15) is 18.6 Å². The average Bonchev–Trinajstić information content (AvgIpc) is 2.17. The third-order valence-corrected chi connectivity index (χ3v) is 2.54. The summed E-state index contributed by atoms with van der Waals surface area (Å²) in [5, 5.41) is 10.3. The minimum atomic E-state index is -0.787. The summed E-state index contributed by atoms with van der Waals surface area (Å²) < 4.78 is 7.17. The Balaban J connectivity index is 2.68. The molecule has 0 atom stereocenters. The van der Waals surface area contributed by atoms with E-state index in [0.717, 1.165) is 13.1 Å². The first-order chi connectivity index (χ1) is 7.42. The summed E-state index contributed by atoms with van der Waals surface area (Å²) in [7, 11) is 0. The quantitative estimate of drug-likeness (QED) is 0.385. The van der Waals surface area contributed by atoms with Crippen LogP contribution in [0.5, 0.6) is 0 Å². The van der Waals surface area contributed by atoms with Gasteiger partial charge in [-0.1, -0.05) is 0 Å². The molecule has 6 nitrogen and oxygen atoms in total. The van der Waals surface area contributed by atoms with Gasteiger partial charge in [0.15, 0.2) is 19.3 Å². The van der Waals surface area contributed by atoms with E-state index in [2.05, 4.69) is 0 Å². The van der Waals surface area contributed by atoms with Crippen LogP contribution in [-0.2, 0) is 9.53 Å². The second-order valence-corrected chi connectivity index (χ2v) is 4.41. The van der Waals surface area contributed by atoms with E-state index in [9.17, 15) is 14.9 Å². The standard InChI is InChI=1S/C10H17N2O4/c1-10(2,9(13)7-12(14)15)8-11-3-5-16-6-4-11/h8H,3-7H2,1-2H3/q+1. The molecule has 1 saturated heterocycles. The van der Waals surface area contributed by atoms with Gasteiger partial charge in [-0.2, -0.15) is 0 Å². The summed E-state index contributed by atoms with van der Waals surface area (Å²) in [6.07, 6.45) is 1.78. The van der Waals surface area contributed by atoms with Crippen molar-refractivity contribution in [1.82, 2.24) is 0 Å². The number of carbonyl (C=O) groups is 1. The summed E-state index contributed by atoms with van der Waals surface area (Å²) in [6.45, 7) is 5.52. The highest BCUT2D eigenvalue weighted by atomic mass is 16.6. The van der Waals surface area contributed by atoms with Crippen molar-refractivity contribution in [3.05, 3.63) is 10.1 Å². The highest BCUT2D eigenvalue weighted by molar-refractivity contribution is 5.98. The molecular weight excluding hydrogens is 212 g/mol. The molecule has 0 N–H and O–H groups in total. The first-order valence-corrected chi connectivity index (χ1v) is 5.25. The summed E-state index contributed by atoms with van der Waals surface area (Å²) in [4.78, 5) is 21.3. The minimum Gasteiger partial charge on any atom is -0.368 e. The van der Waals surface area contributed by atoms with Crippen LogP contribution in [0.15, 0.2) is 0 Å². The molecule has 0 radical (unpaired) electrons. The van der Waals surface area contributed by atoms with Crippen molar-refractivity contribution in [3.8, 4) is 0 Å². The molecule has 1 rings (SSSR count). The maximum absolute atomic E-state index is 11.6. The third kappa shape index (κ3) is 3.69. The molecule has 0 spiro atoms. The van der Waals surface area contributed by atoms with E-state index in [1.54, 1.807) is 20.1 Å². The van der Waals surface area contributed by atoms with Crippen molar-refractivity contribution in [3.63, 3.8) is 0 Å². The van der Waals surface area contributed by atoms with Crippen molar-refractivity contribution in [2.75, 3.05) is 32.8 Å². The molecule has 0 aliphatic carbocycles. The van der Waals surface area contributed by atoms with E-state index in [1.807, 2.05) is 4.58 Å². The number of carbonyl (C=O) groups excluding carboxylic acids is 1. The molecule has 16 heavy (non-hydrogen) atoms. The van der Waals surface area contributed by atoms with E-state index < -0.39 is 16.9 Å². The predicted octanol–water partition coefficient (Wildman–Crippen LogP) is -0.0281. The molecule has 6 heteroatoms. The highest BCUT2D eigenvalue weighted by Gasteiger charge is 2.33. The maximum atomic E-state index is 11.6. The second kappa shape index (κ2) is 5.16. The summed E-state index contributed by atoms with van der Waals surface area (Å²) in [5.74, 6) is -0.371. The molecule has 0 amide bonds. The number of hydrogen-bond acceptors (Lipinski definition) is 4. The van der Waals surface area contributed by atoms with Crippen molar-refractivity contribution in [1.29, 1.82) is 0 Å². The Morgan fingerprint density at radius 3 is 2.56 bits per heavy atom. The van der Waals surface area contributed by atoms with Crippen LogP contribution in [0.25, 0.3) is 0 Å². The largest absolute Gasteiger partial charge is 0.368 e. The van der Waals surface area contributed by atoms with Crippen LogP contribution in [0.1, 0.15) is 13.8 Å². The molecule has 0 unspecified atom stereocenters. The lowest BCUT2D eigenvalue weighted by molar-refractivity contribution is -0.547. The minimum absolute atomic E-state index is 0.371. The van der Waals surface area contributed by atoms with E-state index in [1.165, 1.54) is 0 Å². The van der Waals surface area contributed by atoms with Gasteiger partial charge in [0.2, 0.25) is 5.78 Å². The number of nitro groups is 1. The van der Waals surface area contributed by atoms with Crippen molar-refractivity contribution < 1.29 is 19.0 Å². The molecule has 1 fully saturated rings. The lowest BCUT2D eigenvalue weighted by Gasteiger charge is -2.17. The average molecular weight is 229 g/mol. The Labute approximate surface area is 94.1 Å². The van der Waals surface area contributed by atoms with Crippen LogP contribution in [0.2, 0.25) is 0 Å². The van der Waals surface area contributed by atoms with Gasteiger partial charge < -0.3 is 4.74 Å². The molecule has 1 heterocycles. The fourth-order valence-corrected chi connectivity index (χ4v) is 1.56. The van der Waals surface area contributed by atoms with Crippen molar-refractivity contribution in [2.24, 2.45) is 5.41 Å². The van der Waals surface area contributed by atoms with Gasteiger partial charge in [-0.25, -0.2) is 4.58 Å². The number of hydrogen-bond donors (Lipinski definition) is 0. The lowest BCUT2D eigenvalue weighted by Crippen LogP contribution is -2.38. The van der Waals surface area contributed by atoms with Crippen LogP contribution in [0.4, 0.5) is 0 Å². The van der Waals surface area contributed by atoms with Crippen molar-refractivity contribution >= 4 is 12.0 Å². The molecule has 0 aromatic heterocycles. The normalized spacial score (nSPS) is 17.0. The Kier molecular flexibility index (Phi) is 4.12. The fourth-order valence-electron chi connectivity index (χ4n) is 1.56. The number of nitrogens with zero attached hydrogens (tertiary/aromatic N) is 2. The molecule has 1 aliphatic heterocycles. The smallest absolute Gasteiger partial charge is 0.262 e. The molecule has 0 aromatic rings. The Bertz CT molecular complexity index is 315. The number of ether oxygens (including phenoxy) is 1.